The van der Waals surface area contributed by atoms with Gasteiger partial charge in [-0.3, -0.25) is 4.31 Å². The zero-order chi connectivity index (χ0) is 18.8. The maximum absolute atomic E-state index is 13.2. The summed E-state index contributed by atoms with van der Waals surface area (Å²) in [6, 6.07) is 9.94. The van der Waals surface area contributed by atoms with E-state index in [0.29, 0.717) is 10.0 Å². The van der Waals surface area contributed by atoms with E-state index in [4.69, 9.17) is 34.8 Å². The molecule has 0 fully saturated rings. The molecule has 25 heavy (non-hydrogen) atoms. The molecule has 2 atom stereocenters. The van der Waals surface area contributed by atoms with Gasteiger partial charge >= 0.3 is 0 Å². The van der Waals surface area contributed by atoms with Crippen LogP contribution in [0.4, 0.5) is 5.69 Å². The van der Waals surface area contributed by atoms with Crippen LogP contribution in [-0.4, -0.2) is 25.7 Å². The average molecular weight is 423 g/mol. The highest BCUT2D eigenvalue weighted by Crippen LogP contribution is 2.35. The molecule has 0 radical (unpaired) electrons. The molecule has 8 heteroatoms. The first-order valence-corrected chi connectivity index (χ1v) is 10.1. The Labute approximate surface area is 163 Å². The van der Waals surface area contributed by atoms with Crippen molar-refractivity contribution in [1.29, 1.82) is 0 Å². The third kappa shape index (κ3) is 4.80. The van der Waals surface area contributed by atoms with E-state index in [9.17, 15) is 13.5 Å². The molecular formula is C17H18Cl3NO3S. The Hall–Kier alpha value is -0.980. The van der Waals surface area contributed by atoms with Crippen molar-refractivity contribution in [3.05, 3.63) is 57.5 Å². The third-order valence-electron chi connectivity index (χ3n) is 3.60. The Morgan fingerprint density at radius 1 is 1.00 bits per heavy atom. The topological polar surface area (TPSA) is 57.6 Å². The molecule has 0 spiro atoms. The van der Waals surface area contributed by atoms with Crippen LogP contribution in [0.2, 0.25) is 15.1 Å². The Morgan fingerprint density at radius 2 is 1.56 bits per heavy atom. The highest BCUT2D eigenvalue weighted by atomic mass is 35.5. The second-order valence-electron chi connectivity index (χ2n) is 5.78. The summed E-state index contributed by atoms with van der Waals surface area (Å²) in [5, 5.41) is 10.8. The van der Waals surface area contributed by atoms with E-state index in [-0.39, 0.29) is 22.0 Å². The van der Waals surface area contributed by atoms with Crippen molar-refractivity contribution in [1.82, 2.24) is 0 Å². The van der Waals surface area contributed by atoms with Crippen LogP contribution in [0.3, 0.4) is 0 Å². The van der Waals surface area contributed by atoms with Gasteiger partial charge in [0.25, 0.3) is 10.0 Å². The Morgan fingerprint density at radius 3 is 2.12 bits per heavy atom. The van der Waals surface area contributed by atoms with E-state index in [1.165, 1.54) is 34.6 Å². The van der Waals surface area contributed by atoms with Crippen molar-refractivity contribution in [3.63, 3.8) is 0 Å². The smallest absolute Gasteiger partial charge is 0.264 e. The number of halogens is 3. The highest BCUT2D eigenvalue weighted by Gasteiger charge is 2.31. The van der Waals surface area contributed by atoms with Gasteiger partial charge in [-0.1, -0.05) is 34.8 Å². The second-order valence-corrected chi connectivity index (χ2v) is 8.88. The van der Waals surface area contributed by atoms with Gasteiger partial charge in [0.1, 0.15) is 0 Å². The lowest BCUT2D eigenvalue weighted by molar-refractivity contribution is 0.177. The number of hydrogen-bond donors (Lipinski definition) is 1. The van der Waals surface area contributed by atoms with Gasteiger partial charge in [0.05, 0.1) is 21.7 Å². The summed E-state index contributed by atoms with van der Waals surface area (Å²) < 4.78 is 27.7. The first kappa shape index (κ1) is 20.3. The van der Waals surface area contributed by atoms with E-state index in [2.05, 4.69) is 0 Å². The minimum absolute atomic E-state index is 0.0744. The van der Waals surface area contributed by atoms with Crippen molar-refractivity contribution >= 4 is 50.5 Å². The first-order valence-electron chi connectivity index (χ1n) is 7.56. The third-order valence-corrected chi connectivity index (χ3v) is 6.35. The molecule has 1 N–H and O–H groups in total. The van der Waals surface area contributed by atoms with Gasteiger partial charge in [0, 0.05) is 16.1 Å². The summed E-state index contributed by atoms with van der Waals surface area (Å²) >= 11 is 18.1. The van der Waals surface area contributed by atoms with E-state index in [0.717, 1.165) is 0 Å². The molecule has 0 aliphatic rings. The van der Waals surface area contributed by atoms with Crippen molar-refractivity contribution in [3.8, 4) is 0 Å². The molecule has 0 saturated carbocycles. The molecule has 2 aromatic rings. The van der Waals surface area contributed by atoms with Crippen LogP contribution in [0.5, 0.6) is 0 Å². The lowest BCUT2D eigenvalue weighted by atomic mass is 10.1. The Bertz CT molecular complexity index is 839. The molecule has 0 saturated heterocycles. The minimum Gasteiger partial charge on any atom is -0.393 e. The minimum atomic E-state index is -3.93. The fraction of sp³-hybridized carbons (Fsp3) is 0.294. The molecular weight excluding hydrogens is 405 g/mol. The number of anilines is 1. The molecule has 0 bridgehead atoms. The Balaban J connectivity index is 2.61. The maximum atomic E-state index is 13.2. The van der Waals surface area contributed by atoms with Gasteiger partial charge in [0.15, 0.2) is 0 Å². The van der Waals surface area contributed by atoms with Gasteiger partial charge in [-0.05, 0) is 62.7 Å². The summed E-state index contributed by atoms with van der Waals surface area (Å²) in [6.45, 7) is 3.31. The zero-order valence-electron chi connectivity index (χ0n) is 13.7. The number of benzene rings is 2. The molecule has 2 rings (SSSR count). The van der Waals surface area contributed by atoms with E-state index in [1.807, 2.05) is 0 Å². The van der Waals surface area contributed by atoms with Gasteiger partial charge in [-0.15, -0.1) is 0 Å². The molecule has 1 unspecified atom stereocenters. The highest BCUT2D eigenvalue weighted by molar-refractivity contribution is 7.92. The normalized spacial score (nSPS) is 14.2. The van der Waals surface area contributed by atoms with Crippen LogP contribution in [0.25, 0.3) is 0 Å². The van der Waals surface area contributed by atoms with Crippen LogP contribution in [0, 0.1) is 0 Å². The van der Waals surface area contributed by atoms with Crippen molar-refractivity contribution in [2.75, 3.05) is 4.31 Å². The molecule has 4 nitrogen and oxygen atoms in total. The summed E-state index contributed by atoms with van der Waals surface area (Å²) in [7, 11) is -3.93. The lowest BCUT2D eigenvalue weighted by Gasteiger charge is -2.32. The second kappa shape index (κ2) is 8.14. The van der Waals surface area contributed by atoms with Crippen LogP contribution in [-0.2, 0) is 10.0 Å². The van der Waals surface area contributed by atoms with Gasteiger partial charge in [-0.25, -0.2) is 8.42 Å². The van der Waals surface area contributed by atoms with E-state index in [1.54, 1.807) is 26.0 Å². The molecule has 0 aliphatic heterocycles. The van der Waals surface area contributed by atoms with Crippen molar-refractivity contribution in [2.24, 2.45) is 0 Å². The molecule has 0 aromatic heterocycles. The van der Waals surface area contributed by atoms with Gasteiger partial charge in [-0.2, -0.15) is 0 Å². The van der Waals surface area contributed by atoms with E-state index < -0.39 is 22.2 Å². The summed E-state index contributed by atoms with van der Waals surface area (Å²) in [5.74, 6) is 0. The monoisotopic (exact) mass is 421 g/mol. The summed E-state index contributed by atoms with van der Waals surface area (Å²) in [4.78, 5) is 0.0744. The zero-order valence-corrected chi connectivity index (χ0v) is 16.7. The predicted molar refractivity (Wildman–Crippen MR) is 103 cm³/mol. The van der Waals surface area contributed by atoms with Crippen LogP contribution in [0.1, 0.15) is 20.3 Å². The van der Waals surface area contributed by atoms with Crippen LogP contribution in [0.15, 0.2) is 47.4 Å². The molecule has 0 amide bonds. The number of nitrogens with zero attached hydrogens (tertiary/aromatic N) is 1. The Kier molecular flexibility index (Phi) is 6.62. The van der Waals surface area contributed by atoms with Gasteiger partial charge in [0.2, 0.25) is 0 Å². The quantitative estimate of drug-likeness (QED) is 0.712. The largest absolute Gasteiger partial charge is 0.393 e. The lowest BCUT2D eigenvalue weighted by Crippen LogP contribution is -2.40. The predicted octanol–water partition coefficient (Wildman–Crippen LogP) is 5.00. The molecule has 2 aromatic carbocycles. The number of hydrogen-bond acceptors (Lipinski definition) is 3. The van der Waals surface area contributed by atoms with E-state index >= 15 is 0 Å². The summed E-state index contributed by atoms with van der Waals surface area (Å²) in [5.41, 5.74) is 0.261. The number of aliphatic hydroxyl groups excluding tert-OH is 1. The number of aliphatic hydroxyl groups is 1. The van der Waals surface area contributed by atoms with Crippen molar-refractivity contribution in [2.45, 2.75) is 37.3 Å². The maximum Gasteiger partial charge on any atom is 0.264 e. The fourth-order valence-corrected chi connectivity index (χ4v) is 4.80. The standard InChI is InChI=1S/C17H18Cl3NO3S/c1-11(9-12(2)22)21(17-10-14(19)5-8-16(17)20)25(23,24)15-6-3-13(18)4-7-15/h3-8,10-12,22H,9H2,1-2H3/t11-,12?/m1/s1. The SMILES string of the molecule is CC(O)C[C@@H](C)N(c1cc(Cl)ccc1Cl)S(=O)(=O)c1ccc(Cl)cc1. The average Bonchev–Trinajstić information content (AvgIpc) is 2.50. The number of sulfonamides is 1. The number of rotatable bonds is 6. The van der Waals surface area contributed by atoms with Gasteiger partial charge < -0.3 is 5.11 Å². The fourth-order valence-electron chi connectivity index (χ4n) is 2.57. The van der Waals surface area contributed by atoms with Crippen LogP contribution < -0.4 is 4.31 Å². The first-order chi connectivity index (χ1) is 11.6. The summed E-state index contributed by atoms with van der Waals surface area (Å²) in [6.07, 6.45) is -0.453. The van der Waals surface area contributed by atoms with Crippen molar-refractivity contribution < 1.29 is 13.5 Å². The molecule has 0 aliphatic carbocycles. The molecule has 0 heterocycles. The molecule has 136 valence electrons. The van der Waals surface area contributed by atoms with Crippen LogP contribution >= 0.6 is 34.8 Å².